The molecule has 1 saturated heterocycles. The van der Waals surface area contributed by atoms with Gasteiger partial charge in [-0.1, -0.05) is 36.4 Å². The highest BCUT2D eigenvalue weighted by molar-refractivity contribution is 6.09. The fraction of sp³-hybridized carbons (Fsp3) is 0.172. The van der Waals surface area contributed by atoms with E-state index in [1.165, 1.54) is 24.5 Å². The molecule has 0 spiro atoms. The number of carbonyl (C=O) groups is 1. The Labute approximate surface area is 215 Å². The highest BCUT2D eigenvalue weighted by atomic mass is 19.3. The number of rotatable bonds is 6. The van der Waals surface area contributed by atoms with Gasteiger partial charge in [-0.15, -0.1) is 0 Å². The molecule has 3 heterocycles. The normalized spacial score (nSPS) is 15.7. The molecule has 6 nitrogen and oxygen atoms in total. The molecular weight excluding hydrogens is 497 g/mol. The first-order valence-electron chi connectivity index (χ1n) is 12.0. The van der Waals surface area contributed by atoms with Crippen LogP contribution in [0.25, 0.3) is 33.1 Å². The fourth-order valence-corrected chi connectivity index (χ4v) is 5.18. The molecule has 192 valence electrons. The summed E-state index contributed by atoms with van der Waals surface area (Å²) in [7, 11) is 0. The predicted octanol–water partition coefficient (Wildman–Crippen LogP) is 6.14. The molecule has 3 aromatic carbocycles. The molecule has 0 N–H and O–H groups in total. The molecule has 0 saturated carbocycles. The third-order valence-corrected chi connectivity index (χ3v) is 6.92. The van der Waals surface area contributed by atoms with Gasteiger partial charge >= 0.3 is 6.61 Å². The van der Waals surface area contributed by atoms with E-state index in [4.69, 9.17) is 9.15 Å². The summed E-state index contributed by atoms with van der Waals surface area (Å²) >= 11 is 0. The summed E-state index contributed by atoms with van der Waals surface area (Å²) in [4.78, 5) is 14.6. The van der Waals surface area contributed by atoms with Crippen LogP contribution in [0.4, 0.5) is 13.2 Å². The molecule has 1 amide bonds. The van der Waals surface area contributed by atoms with Gasteiger partial charge in [0.05, 0.1) is 0 Å². The van der Waals surface area contributed by atoms with E-state index in [0.29, 0.717) is 38.9 Å². The van der Waals surface area contributed by atoms with Crippen LogP contribution in [0.2, 0.25) is 0 Å². The summed E-state index contributed by atoms with van der Waals surface area (Å²) in [5.74, 6) is -0.926. The van der Waals surface area contributed by atoms with Crippen molar-refractivity contribution in [3.63, 3.8) is 0 Å². The molecule has 1 unspecified atom stereocenters. The summed E-state index contributed by atoms with van der Waals surface area (Å²) in [6, 6.07) is 18.3. The number of amides is 1. The standard InChI is InChI=1S/C29H21F3N2O4/c30-23-12-17(18-4-3-11-34(36)16-18)7-8-19(23)14-33-15-20(13-26(33)35)21-9-10-25(38-29(31)32)28-27(21)22-5-1-2-6-24(22)37-28/h1-12,16,20,29H,13-15H2. The number of hydrogen-bond acceptors (Lipinski definition) is 4. The van der Waals surface area contributed by atoms with Crippen LogP contribution in [0.1, 0.15) is 23.5 Å². The Morgan fingerprint density at radius 2 is 1.92 bits per heavy atom. The lowest BCUT2D eigenvalue weighted by Crippen LogP contribution is -2.25. The van der Waals surface area contributed by atoms with Crippen LogP contribution in [-0.4, -0.2) is 24.0 Å². The van der Waals surface area contributed by atoms with Crippen molar-refractivity contribution in [3.8, 4) is 16.9 Å². The zero-order chi connectivity index (χ0) is 26.4. The second-order valence-corrected chi connectivity index (χ2v) is 9.27. The van der Waals surface area contributed by atoms with Gasteiger partial charge in [-0.05, 0) is 35.4 Å². The van der Waals surface area contributed by atoms with E-state index < -0.39 is 12.4 Å². The number of alkyl halides is 2. The van der Waals surface area contributed by atoms with Gasteiger partial charge in [0.1, 0.15) is 11.4 Å². The summed E-state index contributed by atoms with van der Waals surface area (Å²) in [6.45, 7) is -2.59. The number of aromatic nitrogens is 1. The maximum atomic E-state index is 15.0. The van der Waals surface area contributed by atoms with Crippen LogP contribution >= 0.6 is 0 Å². The van der Waals surface area contributed by atoms with E-state index >= 15 is 4.39 Å². The molecule has 5 aromatic rings. The summed E-state index contributed by atoms with van der Waals surface area (Å²) in [5.41, 5.74) is 3.01. The zero-order valence-corrected chi connectivity index (χ0v) is 19.9. The van der Waals surface area contributed by atoms with Crippen LogP contribution in [-0.2, 0) is 11.3 Å². The van der Waals surface area contributed by atoms with Crippen molar-refractivity contribution in [2.75, 3.05) is 6.54 Å². The number of carbonyl (C=O) groups excluding carboxylic acids is 1. The first-order valence-corrected chi connectivity index (χ1v) is 12.0. The Bertz CT molecular complexity index is 1680. The average molecular weight is 518 g/mol. The minimum atomic E-state index is -3.01. The number of likely N-dealkylation sites (tertiary alicyclic amines) is 1. The molecule has 1 aliphatic heterocycles. The molecular formula is C29H21F3N2O4. The smallest absolute Gasteiger partial charge is 0.387 e. The second kappa shape index (κ2) is 9.41. The van der Waals surface area contributed by atoms with E-state index in [-0.39, 0.29) is 36.1 Å². The Morgan fingerprint density at radius 3 is 2.71 bits per heavy atom. The summed E-state index contributed by atoms with van der Waals surface area (Å²) < 4.78 is 52.3. The minimum absolute atomic E-state index is 0.0702. The van der Waals surface area contributed by atoms with Crippen molar-refractivity contribution in [2.24, 2.45) is 0 Å². The lowest BCUT2D eigenvalue weighted by molar-refractivity contribution is -0.604. The Balaban J connectivity index is 1.29. The van der Waals surface area contributed by atoms with Gasteiger partial charge in [0.2, 0.25) is 5.91 Å². The minimum Gasteiger partial charge on any atom is -0.619 e. The Kier molecular flexibility index (Phi) is 5.90. The van der Waals surface area contributed by atoms with Gasteiger partial charge in [0.25, 0.3) is 0 Å². The molecule has 0 radical (unpaired) electrons. The number of halogens is 3. The second-order valence-electron chi connectivity index (χ2n) is 9.27. The highest BCUT2D eigenvalue weighted by Gasteiger charge is 2.33. The Hall–Kier alpha value is -4.53. The number of para-hydroxylation sites is 1. The van der Waals surface area contributed by atoms with Gasteiger partial charge in [0, 0.05) is 53.4 Å². The van der Waals surface area contributed by atoms with Gasteiger partial charge in [-0.25, -0.2) is 4.39 Å². The number of benzene rings is 3. The quantitative estimate of drug-likeness (QED) is 0.200. The molecule has 1 fully saturated rings. The highest BCUT2D eigenvalue weighted by Crippen LogP contribution is 2.42. The lowest BCUT2D eigenvalue weighted by atomic mass is 9.93. The lowest BCUT2D eigenvalue weighted by Gasteiger charge is -2.18. The van der Waals surface area contributed by atoms with Gasteiger partial charge in [-0.3, -0.25) is 4.79 Å². The molecule has 9 heteroatoms. The average Bonchev–Trinajstić information content (AvgIpc) is 3.46. The number of hydrogen-bond donors (Lipinski definition) is 0. The van der Waals surface area contributed by atoms with Crippen molar-refractivity contribution in [1.29, 1.82) is 0 Å². The fourth-order valence-electron chi connectivity index (χ4n) is 5.18. The molecule has 38 heavy (non-hydrogen) atoms. The summed E-state index contributed by atoms with van der Waals surface area (Å²) in [5, 5.41) is 12.9. The van der Waals surface area contributed by atoms with E-state index in [0.717, 1.165) is 10.9 Å². The van der Waals surface area contributed by atoms with Gasteiger partial charge in [-0.2, -0.15) is 13.5 Å². The van der Waals surface area contributed by atoms with E-state index in [1.807, 2.05) is 12.1 Å². The third-order valence-electron chi connectivity index (χ3n) is 6.92. The number of ether oxygens (including phenoxy) is 1. The summed E-state index contributed by atoms with van der Waals surface area (Å²) in [6.07, 6.45) is 2.90. The number of fused-ring (bicyclic) bond motifs is 3. The van der Waals surface area contributed by atoms with E-state index in [1.54, 1.807) is 47.4 Å². The zero-order valence-electron chi connectivity index (χ0n) is 19.9. The van der Waals surface area contributed by atoms with Crippen molar-refractivity contribution in [2.45, 2.75) is 25.5 Å². The maximum Gasteiger partial charge on any atom is 0.387 e. The molecule has 6 rings (SSSR count). The van der Waals surface area contributed by atoms with Crippen LogP contribution < -0.4 is 9.47 Å². The first-order chi connectivity index (χ1) is 18.4. The van der Waals surface area contributed by atoms with Gasteiger partial charge in [0.15, 0.2) is 23.7 Å². The molecule has 0 aliphatic carbocycles. The predicted molar refractivity (Wildman–Crippen MR) is 134 cm³/mol. The van der Waals surface area contributed by atoms with Crippen LogP contribution in [0.15, 0.2) is 83.5 Å². The van der Waals surface area contributed by atoms with Crippen molar-refractivity contribution >= 4 is 27.8 Å². The Morgan fingerprint density at radius 1 is 1.08 bits per heavy atom. The SMILES string of the molecule is O=C1CC(c2ccc(OC(F)F)c3oc4ccccc4c23)CN1Cc1ccc(-c2ccc[n+]([O-])c2)cc1F. The van der Waals surface area contributed by atoms with Crippen molar-refractivity contribution in [3.05, 3.63) is 101 Å². The topological polar surface area (TPSA) is 69.6 Å². The molecule has 0 bridgehead atoms. The number of furan rings is 1. The van der Waals surface area contributed by atoms with Crippen molar-refractivity contribution < 1.29 is 31.9 Å². The molecule has 1 aliphatic rings. The largest absolute Gasteiger partial charge is 0.619 e. The van der Waals surface area contributed by atoms with Crippen LogP contribution in [0, 0.1) is 11.0 Å². The van der Waals surface area contributed by atoms with E-state index in [9.17, 15) is 18.8 Å². The maximum absolute atomic E-state index is 15.0. The molecule has 2 aromatic heterocycles. The van der Waals surface area contributed by atoms with Crippen LogP contribution in [0.5, 0.6) is 5.75 Å². The number of nitrogens with zero attached hydrogens (tertiary/aromatic N) is 2. The monoisotopic (exact) mass is 518 g/mol. The van der Waals surface area contributed by atoms with E-state index in [2.05, 4.69) is 0 Å². The first kappa shape index (κ1) is 23.8. The van der Waals surface area contributed by atoms with Gasteiger partial charge < -0.3 is 19.3 Å². The van der Waals surface area contributed by atoms with Crippen molar-refractivity contribution in [1.82, 2.24) is 4.90 Å². The number of pyridine rings is 1. The molecule has 1 atom stereocenters. The van der Waals surface area contributed by atoms with Crippen LogP contribution in [0.3, 0.4) is 0 Å². The third kappa shape index (κ3) is 4.30.